The van der Waals surface area contributed by atoms with Crippen LogP contribution in [0, 0.1) is 5.82 Å². The molecule has 0 aliphatic heterocycles. The molecule has 0 fully saturated rings. The van der Waals surface area contributed by atoms with Crippen molar-refractivity contribution in [2.75, 3.05) is 13.6 Å². The fourth-order valence-electron chi connectivity index (χ4n) is 1.21. The molecule has 0 aliphatic rings. The minimum absolute atomic E-state index is 0.0183. The predicted molar refractivity (Wildman–Crippen MR) is 59.3 cm³/mol. The summed E-state index contributed by atoms with van der Waals surface area (Å²) in [5, 5.41) is 8.49. The lowest BCUT2D eigenvalue weighted by Crippen LogP contribution is -2.33. The molecule has 1 aromatic rings. The monoisotopic (exact) mass is 261 g/mol. The van der Waals surface area contributed by atoms with Crippen molar-refractivity contribution in [1.82, 2.24) is 4.31 Å². The van der Waals surface area contributed by atoms with Gasteiger partial charge in [0.05, 0.1) is 5.75 Å². The van der Waals surface area contributed by atoms with Gasteiger partial charge >= 0.3 is 5.97 Å². The lowest BCUT2D eigenvalue weighted by molar-refractivity contribution is -0.137. The number of carboxylic acids is 1. The molecule has 5 nitrogen and oxygen atoms in total. The van der Waals surface area contributed by atoms with E-state index in [1.165, 1.54) is 18.2 Å². The summed E-state index contributed by atoms with van der Waals surface area (Å²) in [7, 11) is -2.68. The van der Waals surface area contributed by atoms with Gasteiger partial charge in [0.25, 0.3) is 0 Å². The highest BCUT2D eigenvalue weighted by molar-refractivity contribution is 7.88. The number of carbonyl (C=O) groups is 1. The lowest BCUT2D eigenvalue weighted by Gasteiger charge is -2.14. The Morgan fingerprint density at radius 3 is 2.53 bits per heavy atom. The molecule has 0 bridgehead atoms. The predicted octanol–water partition coefficient (Wildman–Crippen LogP) is 0.672. The number of halogens is 1. The lowest BCUT2D eigenvalue weighted by atomic mass is 10.2. The molecule has 7 heteroatoms. The van der Waals surface area contributed by atoms with E-state index in [4.69, 9.17) is 5.11 Å². The molecular weight excluding hydrogens is 249 g/mol. The summed E-state index contributed by atoms with van der Waals surface area (Å²) in [6.45, 7) is -0.642. The van der Waals surface area contributed by atoms with E-state index >= 15 is 0 Å². The first-order chi connectivity index (χ1) is 7.83. The van der Waals surface area contributed by atoms with E-state index in [0.29, 0.717) is 4.31 Å². The maximum Gasteiger partial charge on any atom is 0.318 e. The first-order valence-electron chi connectivity index (χ1n) is 4.72. The number of likely N-dealkylation sites (N-methyl/N-ethyl adjacent to an activating group) is 1. The number of nitrogens with zero attached hydrogens (tertiary/aromatic N) is 1. The van der Waals surface area contributed by atoms with Crippen molar-refractivity contribution >= 4 is 16.0 Å². The van der Waals surface area contributed by atoms with Gasteiger partial charge in [-0.3, -0.25) is 4.79 Å². The topological polar surface area (TPSA) is 74.7 Å². The Hall–Kier alpha value is -1.47. The normalized spacial score (nSPS) is 11.7. The van der Waals surface area contributed by atoms with Crippen LogP contribution in [-0.2, 0) is 20.6 Å². The van der Waals surface area contributed by atoms with Crippen molar-refractivity contribution in [2.24, 2.45) is 0 Å². The Labute approximate surface area is 98.5 Å². The molecule has 0 amide bonds. The van der Waals surface area contributed by atoms with Crippen LogP contribution < -0.4 is 0 Å². The molecule has 0 radical (unpaired) electrons. The molecule has 0 aliphatic carbocycles. The number of sulfonamides is 1. The van der Waals surface area contributed by atoms with Crippen LogP contribution in [0.3, 0.4) is 0 Å². The molecule has 17 heavy (non-hydrogen) atoms. The van der Waals surface area contributed by atoms with E-state index < -0.39 is 34.1 Å². The highest BCUT2D eigenvalue weighted by Gasteiger charge is 2.21. The second-order valence-corrected chi connectivity index (χ2v) is 5.57. The van der Waals surface area contributed by atoms with Gasteiger partial charge in [-0.2, -0.15) is 4.31 Å². The third kappa shape index (κ3) is 3.79. The smallest absolute Gasteiger partial charge is 0.318 e. The fraction of sp³-hybridized carbons (Fsp3) is 0.300. The Balaban J connectivity index is 2.87. The third-order valence-electron chi connectivity index (χ3n) is 2.13. The van der Waals surface area contributed by atoms with Crippen LogP contribution in [0.5, 0.6) is 0 Å². The van der Waals surface area contributed by atoms with Gasteiger partial charge in [0, 0.05) is 12.6 Å². The number of aliphatic carboxylic acids is 1. The zero-order valence-electron chi connectivity index (χ0n) is 9.13. The Bertz CT molecular complexity index is 515. The molecule has 0 saturated heterocycles. The van der Waals surface area contributed by atoms with Crippen molar-refractivity contribution < 1.29 is 22.7 Å². The molecule has 0 unspecified atom stereocenters. The van der Waals surface area contributed by atoms with E-state index in [2.05, 4.69) is 0 Å². The zero-order chi connectivity index (χ0) is 13.1. The van der Waals surface area contributed by atoms with Crippen LogP contribution in [-0.4, -0.2) is 37.4 Å². The fourth-order valence-corrected chi connectivity index (χ4v) is 2.37. The average molecular weight is 261 g/mol. The molecule has 0 saturated carbocycles. The van der Waals surface area contributed by atoms with E-state index in [0.717, 1.165) is 13.1 Å². The van der Waals surface area contributed by atoms with Crippen molar-refractivity contribution in [2.45, 2.75) is 5.75 Å². The molecule has 1 rings (SSSR count). The summed E-state index contributed by atoms with van der Waals surface area (Å²) in [4.78, 5) is 10.4. The number of benzene rings is 1. The van der Waals surface area contributed by atoms with Crippen LogP contribution in [0.2, 0.25) is 0 Å². The van der Waals surface area contributed by atoms with Crippen LogP contribution in [0.25, 0.3) is 0 Å². The highest BCUT2D eigenvalue weighted by atomic mass is 32.2. The highest BCUT2D eigenvalue weighted by Crippen LogP contribution is 2.12. The van der Waals surface area contributed by atoms with Gasteiger partial charge in [0.15, 0.2) is 0 Å². The maximum atomic E-state index is 13.2. The van der Waals surface area contributed by atoms with Crippen molar-refractivity contribution in [3.05, 3.63) is 35.6 Å². The second kappa shape index (κ2) is 5.24. The zero-order valence-corrected chi connectivity index (χ0v) is 9.95. The summed E-state index contributed by atoms with van der Waals surface area (Å²) in [5.74, 6) is -2.44. The SMILES string of the molecule is CN(CC(=O)O)S(=O)(=O)Cc1ccccc1F. The molecule has 1 aromatic carbocycles. The average Bonchev–Trinajstić information content (AvgIpc) is 2.20. The first kappa shape index (κ1) is 13.6. The number of carboxylic acid groups (broad SMARTS) is 1. The van der Waals surface area contributed by atoms with Gasteiger partial charge in [-0.05, 0) is 6.07 Å². The summed E-state index contributed by atoms with van der Waals surface area (Å²) in [6.07, 6.45) is 0. The molecule has 0 spiro atoms. The van der Waals surface area contributed by atoms with Gasteiger partial charge in [0.2, 0.25) is 10.0 Å². The van der Waals surface area contributed by atoms with Crippen molar-refractivity contribution in [3.63, 3.8) is 0 Å². The standard InChI is InChI=1S/C10H12FNO4S/c1-12(6-10(13)14)17(15,16)7-8-4-2-3-5-9(8)11/h2-5H,6-7H2,1H3,(H,13,14). The number of hydrogen-bond acceptors (Lipinski definition) is 3. The number of rotatable bonds is 5. The van der Waals surface area contributed by atoms with E-state index in [1.807, 2.05) is 0 Å². The van der Waals surface area contributed by atoms with E-state index in [9.17, 15) is 17.6 Å². The Morgan fingerprint density at radius 2 is 2.00 bits per heavy atom. The summed E-state index contributed by atoms with van der Waals surface area (Å²) in [5.41, 5.74) is 0.0183. The first-order valence-corrected chi connectivity index (χ1v) is 6.33. The van der Waals surface area contributed by atoms with Crippen LogP contribution >= 0.6 is 0 Å². The second-order valence-electron chi connectivity index (χ2n) is 3.50. The number of hydrogen-bond donors (Lipinski definition) is 1. The summed E-state index contributed by atoms with van der Waals surface area (Å²) in [6, 6.07) is 5.47. The van der Waals surface area contributed by atoms with Gasteiger partial charge < -0.3 is 5.11 Å². The molecule has 0 atom stereocenters. The van der Waals surface area contributed by atoms with Gasteiger partial charge in [-0.1, -0.05) is 18.2 Å². The van der Waals surface area contributed by atoms with E-state index in [-0.39, 0.29) is 5.56 Å². The molecule has 1 N–H and O–H groups in total. The minimum Gasteiger partial charge on any atom is -0.480 e. The van der Waals surface area contributed by atoms with Crippen LogP contribution in [0.15, 0.2) is 24.3 Å². The van der Waals surface area contributed by atoms with Gasteiger partial charge in [-0.25, -0.2) is 12.8 Å². The third-order valence-corrected chi connectivity index (χ3v) is 3.88. The largest absolute Gasteiger partial charge is 0.480 e. The summed E-state index contributed by atoms with van der Waals surface area (Å²) < 4.78 is 37.3. The van der Waals surface area contributed by atoms with Crippen molar-refractivity contribution in [1.29, 1.82) is 0 Å². The maximum absolute atomic E-state index is 13.2. The van der Waals surface area contributed by atoms with E-state index in [1.54, 1.807) is 0 Å². The quantitative estimate of drug-likeness (QED) is 0.845. The molecule has 0 aromatic heterocycles. The van der Waals surface area contributed by atoms with Gasteiger partial charge in [-0.15, -0.1) is 0 Å². The van der Waals surface area contributed by atoms with Gasteiger partial charge in [0.1, 0.15) is 12.4 Å². The molecular formula is C10H12FNO4S. The van der Waals surface area contributed by atoms with Crippen molar-refractivity contribution in [3.8, 4) is 0 Å². The Kier molecular flexibility index (Phi) is 4.19. The van der Waals surface area contributed by atoms with Crippen LogP contribution in [0.1, 0.15) is 5.56 Å². The Morgan fingerprint density at radius 1 is 1.41 bits per heavy atom. The molecule has 94 valence electrons. The van der Waals surface area contributed by atoms with Crippen LogP contribution in [0.4, 0.5) is 4.39 Å². The minimum atomic E-state index is -3.82. The molecule has 0 heterocycles. The summed E-state index contributed by atoms with van der Waals surface area (Å²) >= 11 is 0.